The van der Waals surface area contributed by atoms with Gasteiger partial charge in [0, 0.05) is 24.7 Å². The van der Waals surface area contributed by atoms with E-state index in [0.29, 0.717) is 35.3 Å². The molecule has 1 heterocycles. The number of anilines is 2. The average Bonchev–Trinajstić information content (AvgIpc) is 3.31. The third-order valence-corrected chi connectivity index (χ3v) is 5.17. The van der Waals surface area contributed by atoms with Crippen molar-refractivity contribution in [2.24, 2.45) is 11.7 Å². The number of carbonyl (C=O) groups is 2. The van der Waals surface area contributed by atoms with E-state index in [9.17, 15) is 9.59 Å². The first-order valence-corrected chi connectivity index (χ1v) is 10.9. The van der Waals surface area contributed by atoms with Gasteiger partial charge in [-0.3, -0.25) is 9.59 Å². The monoisotopic (exact) mass is 437 g/mol. The molecule has 0 aliphatic carbocycles. The summed E-state index contributed by atoms with van der Waals surface area (Å²) in [5.74, 6) is 0.851. The van der Waals surface area contributed by atoms with Crippen LogP contribution in [0, 0.1) is 5.92 Å². The molecule has 0 saturated carbocycles. The van der Waals surface area contributed by atoms with Gasteiger partial charge in [-0.1, -0.05) is 19.9 Å². The van der Waals surface area contributed by atoms with Crippen LogP contribution in [0.5, 0.6) is 11.5 Å². The molecule has 0 aromatic heterocycles. The Morgan fingerprint density at radius 3 is 2.53 bits per heavy atom. The molecule has 0 radical (unpaired) electrons. The summed E-state index contributed by atoms with van der Waals surface area (Å²) >= 11 is 0. The average molecular weight is 438 g/mol. The Morgan fingerprint density at radius 1 is 1.12 bits per heavy atom. The summed E-state index contributed by atoms with van der Waals surface area (Å²) in [5.41, 5.74) is 8.06. The SMILES string of the molecule is COc1cc(/C=C/C(=O)Nc2cc(C(N)=O)ccc2N2CCCC2)ccc1OCC(C)C. The summed E-state index contributed by atoms with van der Waals surface area (Å²) in [5, 5.41) is 2.89. The molecule has 170 valence electrons. The fourth-order valence-corrected chi connectivity index (χ4v) is 3.53. The molecule has 2 aromatic rings. The standard InChI is InChI=1S/C25H31N3O4/c1-17(2)16-32-22-10-6-18(14-23(22)31-3)7-11-24(29)27-20-15-19(25(26)30)8-9-21(20)28-12-4-5-13-28/h6-11,14-15,17H,4-5,12-13,16H2,1-3H3,(H2,26,30)(H,27,29)/b11-7+. The molecule has 3 N–H and O–H groups in total. The van der Waals surface area contributed by atoms with Gasteiger partial charge in [0.1, 0.15) is 0 Å². The zero-order chi connectivity index (χ0) is 23.1. The minimum absolute atomic E-state index is 0.300. The van der Waals surface area contributed by atoms with Crippen LogP contribution < -0.4 is 25.4 Å². The summed E-state index contributed by atoms with van der Waals surface area (Å²) in [6.45, 7) is 6.59. The van der Waals surface area contributed by atoms with Crippen LogP contribution in [0.1, 0.15) is 42.6 Å². The van der Waals surface area contributed by atoms with Crippen molar-refractivity contribution >= 4 is 29.3 Å². The quantitative estimate of drug-likeness (QED) is 0.577. The van der Waals surface area contributed by atoms with Gasteiger partial charge in [0.05, 0.1) is 25.1 Å². The maximum Gasteiger partial charge on any atom is 0.248 e. The number of methoxy groups -OCH3 is 1. The second-order valence-corrected chi connectivity index (χ2v) is 8.23. The lowest BCUT2D eigenvalue weighted by atomic mass is 10.1. The van der Waals surface area contributed by atoms with E-state index in [4.69, 9.17) is 15.2 Å². The molecule has 1 aliphatic heterocycles. The minimum Gasteiger partial charge on any atom is -0.493 e. The van der Waals surface area contributed by atoms with Gasteiger partial charge in [-0.15, -0.1) is 0 Å². The van der Waals surface area contributed by atoms with Crippen molar-refractivity contribution in [2.75, 3.05) is 37.0 Å². The summed E-state index contributed by atoms with van der Waals surface area (Å²) in [6, 6.07) is 10.7. The lowest BCUT2D eigenvalue weighted by Gasteiger charge is -2.21. The van der Waals surface area contributed by atoms with Gasteiger partial charge in [-0.25, -0.2) is 0 Å². The van der Waals surface area contributed by atoms with Crippen molar-refractivity contribution in [3.05, 3.63) is 53.6 Å². The highest BCUT2D eigenvalue weighted by Crippen LogP contribution is 2.31. The number of nitrogens with two attached hydrogens (primary N) is 1. The smallest absolute Gasteiger partial charge is 0.248 e. The predicted octanol–water partition coefficient (Wildman–Crippen LogP) is 4.08. The number of benzene rings is 2. The maximum atomic E-state index is 12.6. The molecule has 1 saturated heterocycles. The normalized spacial score (nSPS) is 13.6. The topological polar surface area (TPSA) is 93.9 Å². The first kappa shape index (κ1) is 23.2. The molecule has 0 atom stereocenters. The zero-order valence-electron chi connectivity index (χ0n) is 18.9. The Labute approximate surface area is 189 Å². The highest BCUT2D eigenvalue weighted by molar-refractivity contribution is 6.05. The predicted molar refractivity (Wildman–Crippen MR) is 127 cm³/mol. The summed E-state index contributed by atoms with van der Waals surface area (Å²) in [6.07, 6.45) is 5.36. The molecular formula is C25H31N3O4. The van der Waals surface area contributed by atoms with E-state index in [-0.39, 0.29) is 5.91 Å². The minimum atomic E-state index is -0.532. The van der Waals surface area contributed by atoms with Crippen molar-refractivity contribution in [3.63, 3.8) is 0 Å². The van der Waals surface area contributed by atoms with E-state index in [0.717, 1.165) is 37.2 Å². The highest BCUT2D eigenvalue weighted by Gasteiger charge is 2.18. The second-order valence-electron chi connectivity index (χ2n) is 8.23. The fourth-order valence-electron chi connectivity index (χ4n) is 3.53. The van der Waals surface area contributed by atoms with Crippen LogP contribution in [0.2, 0.25) is 0 Å². The van der Waals surface area contributed by atoms with Crippen molar-refractivity contribution in [1.29, 1.82) is 0 Å². The number of nitrogens with one attached hydrogen (secondary N) is 1. The Balaban J connectivity index is 1.75. The van der Waals surface area contributed by atoms with Crippen LogP contribution in [0.3, 0.4) is 0 Å². The number of nitrogens with zero attached hydrogens (tertiary/aromatic N) is 1. The molecule has 32 heavy (non-hydrogen) atoms. The van der Waals surface area contributed by atoms with Crippen LogP contribution in [0.15, 0.2) is 42.5 Å². The Kier molecular flexibility index (Phi) is 7.76. The van der Waals surface area contributed by atoms with Gasteiger partial charge < -0.3 is 25.4 Å². The molecule has 1 aliphatic rings. The molecule has 0 unspecified atom stereocenters. The van der Waals surface area contributed by atoms with Gasteiger partial charge in [0.25, 0.3) is 0 Å². The van der Waals surface area contributed by atoms with Crippen molar-refractivity contribution in [2.45, 2.75) is 26.7 Å². The van der Waals surface area contributed by atoms with Crippen molar-refractivity contribution < 1.29 is 19.1 Å². The van der Waals surface area contributed by atoms with Crippen LogP contribution >= 0.6 is 0 Å². The molecule has 0 spiro atoms. The number of carbonyl (C=O) groups excluding carboxylic acids is 2. The second kappa shape index (κ2) is 10.7. The third-order valence-electron chi connectivity index (χ3n) is 5.17. The number of ether oxygens (including phenoxy) is 2. The molecule has 2 amide bonds. The van der Waals surface area contributed by atoms with Crippen molar-refractivity contribution in [1.82, 2.24) is 0 Å². The lowest BCUT2D eigenvalue weighted by Crippen LogP contribution is -2.21. The van der Waals surface area contributed by atoms with Crippen LogP contribution in [0.25, 0.3) is 6.08 Å². The van der Waals surface area contributed by atoms with E-state index in [2.05, 4.69) is 24.1 Å². The summed E-state index contributed by atoms with van der Waals surface area (Å²) < 4.78 is 11.2. The molecule has 2 aromatic carbocycles. The van der Waals surface area contributed by atoms with Crippen molar-refractivity contribution in [3.8, 4) is 11.5 Å². The number of primary amides is 1. The highest BCUT2D eigenvalue weighted by atomic mass is 16.5. The number of rotatable bonds is 9. The van der Waals surface area contributed by atoms with E-state index in [1.54, 1.807) is 25.3 Å². The van der Waals surface area contributed by atoms with Crippen LogP contribution in [0.4, 0.5) is 11.4 Å². The largest absolute Gasteiger partial charge is 0.493 e. The fraction of sp³-hybridized carbons (Fsp3) is 0.360. The molecule has 7 nitrogen and oxygen atoms in total. The Morgan fingerprint density at radius 2 is 1.88 bits per heavy atom. The molecule has 1 fully saturated rings. The van der Waals surface area contributed by atoms with Gasteiger partial charge in [-0.05, 0) is 60.7 Å². The van der Waals surface area contributed by atoms with E-state index >= 15 is 0 Å². The molecule has 3 rings (SSSR count). The molecule has 0 bridgehead atoms. The number of hydrogen-bond acceptors (Lipinski definition) is 5. The zero-order valence-corrected chi connectivity index (χ0v) is 18.9. The maximum absolute atomic E-state index is 12.6. The summed E-state index contributed by atoms with van der Waals surface area (Å²) in [4.78, 5) is 26.5. The van der Waals surface area contributed by atoms with Gasteiger partial charge in [-0.2, -0.15) is 0 Å². The van der Waals surface area contributed by atoms with Gasteiger partial charge in [0.15, 0.2) is 11.5 Å². The van der Waals surface area contributed by atoms with Crippen LogP contribution in [-0.2, 0) is 4.79 Å². The third kappa shape index (κ3) is 6.03. The van der Waals surface area contributed by atoms with E-state index in [1.807, 2.05) is 24.3 Å². The Hall–Kier alpha value is -3.48. The van der Waals surface area contributed by atoms with E-state index < -0.39 is 5.91 Å². The molecule has 7 heteroatoms. The lowest BCUT2D eigenvalue weighted by molar-refractivity contribution is -0.111. The van der Waals surface area contributed by atoms with Gasteiger partial charge in [0.2, 0.25) is 11.8 Å². The molecular weight excluding hydrogens is 406 g/mol. The van der Waals surface area contributed by atoms with Crippen LogP contribution in [-0.4, -0.2) is 38.6 Å². The first-order valence-electron chi connectivity index (χ1n) is 10.9. The number of hydrogen-bond donors (Lipinski definition) is 2. The van der Waals surface area contributed by atoms with Gasteiger partial charge >= 0.3 is 0 Å². The number of amides is 2. The summed E-state index contributed by atoms with van der Waals surface area (Å²) in [7, 11) is 1.59. The van der Waals surface area contributed by atoms with E-state index in [1.165, 1.54) is 6.08 Å². The first-order chi connectivity index (χ1) is 15.4. The Bertz CT molecular complexity index is 995.